The number of halogens is 2. The molecule has 3 aromatic rings. The summed E-state index contributed by atoms with van der Waals surface area (Å²) in [5, 5.41) is 0. The van der Waals surface area contributed by atoms with E-state index in [1.165, 1.54) is 12.1 Å². The van der Waals surface area contributed by atoms with Crippen LogP contribution in [0.4, 0.5) is 14.5 Å². The predicted molar refractivity (Wildman–Crippen MR) is 118 cm³/mol. The summed E-state index contributed by atoms with van der Waals surface area (Å²) in [6, 6.07) is 20.8. The molecule has 1 atom stereocenters. The number of nitrogens with two attached hydrogens (primary N) is 1. The van der Waals surface area contributed by atoms with Crippen LogP contribution in [0.5, 0.6) is 5.75 Å². The minimum absolute atomic E-state index is 0.104. The second-order valence-corrected chi connectivity index (χ2v) is 7.42. The van der Waals surface area contributed by atoms with Crippen molar-refractivity contribution in [3.05, 3.63) is 95.1 Å². The fraction of sp³-hybridized carbons (Fsp3) is 0.240. The molecule has 0 aliphatic heterocycles. The average molecular weight is 424 g/mol. The minimum Gasteiger partial charge on any atom is -0.435 e. The van der Waals surface area contributed by atoms with Gasteiger partial charge >= 0.3 is 6.61 Å². The van der Waals surface area contributed by atoms with Crippen LogP contribution in [0.1, 0.15) is 28.3 Å². The molecule has 0 fully saturated rings. The molecule has 3 rings (SSSR count). The highest BCUT2D eigenvalue weighted by Gasteiger charge is 2.24. The number of ether oxygens (including phenoxy) is 1. The zero-order valence-corrected chi connectivity index (χ0v) is 17.6. The summed E-state index contributed by atoms with van der Waals surface area (Å²) < 4.78 is 29.1. The van der Waals surface area contributed by atoms with E-state index in [2.05, 4.69) is 4.74 Å². The van der Waals surface area contributed by atoms with Gasteiger partial charge in [0.05, 0.1) is 0 Å². The standard InChI is InChI=1S/C25H26F2N2O2/c1-17-8-11-21(16-18(17)2)29(24(30)23(28)20-6-4-3-5-7-20)15-14-19-9-12-22(13-10-19)31-25(26)27/h3-13,16,23,25H,14-15,28H2,1-2H3/t23-/m0/s1. The number of aryl methyl sites for hydroxylation is 2. The highest BCUT2D eigenvalue weighted by molar-refractivity contribution is 5.97. The van der Waals surface area contributed by atoms with Gasteiger partial charge in [-0.15, -0.1) is 0 Å². The molecule has 0 saturated carbocycles. The first-order valence-corrected chi connectivity index (χ1v) is 10.1. The minimum atomic E-state index is -2.86. The molecule has 0 unspecified atom stereocenters. The van der Waals surface area contributed by atoms with Crippen LogP contribution in [-0.2, 0) is 11.2 Å². The maximum atomic E-state index is 13.3. The summed E-state index contributed by atoms with van der Waals surface area (Å²) in [6.45, 7) is 1.56. The Morgan fingerprint density at radius 1 is 0.968 bits per heavy atom. The van der Waals surface area contributed by atoms with Crippen molar-refractivity contribution in [2.24, 2.45) is 5.73 Å². The number of rotatable bonds is 8. The average Bonchev–Trinajstić information content (AvgIpc) is 2.77. The van der Waals surface area contributed by atoms with E-state index in [0.717, 1.165) is 27.9 Å². The summed E-state index contributed by atoms with van der Waals surface area (Å²) in [7, 11) is 0. The molecule has 31 heavy (non-hydrogen) atoms. The highest BCUT2D eigenvalue weighted by atomic mass is 19.3. The fourth-order valence-corrected chi connectivity index (χ4v) is 3.31. The molecule has 0 radical (unpaired) electrons. The number of carbonyl (C=O) groups is 1. The molecule has 0 aliphatic carbocycles. The number of hydrogen-bond donors (Lipinski definition) is 1. The lowest BCUT2D eigenvalue weighted by atomic mass is 10.0. The summed E-state index contributed by atoms with van der Waals surface area (Å²) in [5.41, 5.74) is 10.9. The Morgan fingerprint density at radius 3 is 2.26 bits per heavy atom. The van der Waals surface area contributed by atoms with Crippen LogP contribution < -0.4 is 15.4 Å². The van der Waals surface area contributed by atoms with E-state index >= 15 is 0 Å². The van der Waals surface area contributed by atoms with Crippen LogP contribution in [0.3, 0.4) is 0 Å². The van der Waals surface area contributed by atoms with Gasteiger partial charge in [-0.05, 0) is 66.8 Å². The normalized spacial score (nSPS) is 11.9. The zero-order valence-electron chi connectivity index (χ0n) is 17.6. The second kappa shape index (κ2) is 10.2. The van der Waals surface area contributed by atoms with Crippen LogP contribution >= 0.6 is 0 Å². The Kier molecular flexibility index (Phi) is 7.36. The number of amides is 1. The summed E-state index contributed by atoms with van der Waals surface area (Å²) in [6.07, 6.45) is 0.537. The van der Waals surface area contributed by atoms with E-state index in [9.17, 15) is 13.6 Å². The van der Waals surface area contributed by atoms with Crippen molar-refractivity contribution in [1.29, 1.82) is 0 Å². The van der Waals surface area contributed by atoms with Gasteiger partial charge in [-0.2, -0.15) is 8.78 Å². The Morgan fingerprint density at radius 2 is 1.65 bits per heavy atom. The molecule has 0 heterocycles. The van der Waals surface area contributed by atoms with Gasteiger partial charge in [0.15, 0.2) is 0 Å². The number of nitrogens with zero attached hydrogens (tertiary/aromatic N) is 1. The maximum absolute atomic E-state index is 13.3. The fourth-order valence-electron chi connectivity index (χ4n) is 3.31. The molecule has 162 valence electrons. The number of anilines is 1. The van der Waals surface area contributed by atoms with Gasteiger partial charge in [0.1, 0.15) is 11.8 Å². The van der Waals surface area contributed by atoms with E-state index in [4.69, 9.17) is 5.73 Å². The number of hydrogen-bond acceptors (Lipinski definition) is 3. The molecule has 0 aromatic heterocycles. The third kappa shape index (κ3) is 5.89. The topological polar surface area (TPSA) is 55.6 Å². The Bertz CT molecular complexity index is 1010. The van der Waals surface area contributed by atoms with Crippen molar-refractivity contribution >= 4 is 11.6 Å². The van der Waals surface area contributed by atoms with Crippen LogP contribution in [0, 0.1) is 13.8 Å². The molecule has 6 heteroatoms. The van der Waals surface area contributed by atoms with Gasteiger partial charge in [0.2, 0.25) is 5.91 Å². The lowest BCUT2D eigenvalue weighted by Gasteiger charge is -2.27. The highest BCUT2D eigenvalue weighted by Crippen LogP contribution is 2.24. The van der Waals surface area contributed by atoms with Gasteiger partial charge in [-0.1, -0.05) is 48.5 Å². The summed E-state index contributed by atoms with van der Waals surface area (Å²) in [5.74, 6) is -0.0981. The molecular formula is C25H26F2N2O2. The zero-order chi connectivity index (χ0) is 22.4. The Labute approximate surface area is 181 Å². The molecular weight excluding hydrogens is 398 g/mol. The lowest BCUT2D eigenvalue weighted by Crippen LogP contribution is -2.40. The largest absolute Gasteiger partial charge is 0.435 e. The predicted octanol–water partition coefficient (Wildman–Crippen LogP) is 5.18. The lowest BCUT2D eigenvalue weighted by molar-refractivity contribution is -0.120. The van der Waals surface area contributed by atoms with Gasteiger partial charge in [-0.25, -0.2) is 0 Å². The first-order valence-electron chi connectivity index (χ1n) is 10.1. The summed E-state index contributed by atoms with van der Waals surface area (Å²) >= 11 is 0. The molecule has 1 amide bonds. The number of alkyl halides is 2. The SMILES string of the molecule is Cc1ccc(N(CCc2ccc(OC(F)F)cc2)C(=O)[C@@H](N)c2ccccc2)cc1C. The smallest absolute Gasteiger partial charge is 0.387 e. The Hall–Kier alpha value is -3.25. The van der Waals surface area contributed by atoms with Crippen LogP contribution in [0.2, 0.25) is 0 Å². The first-order chi connectivity index (χ1) is 14.8. The van der Waals surface area contributed by atoms with E-state index in [0.29, 0.717) is 13.0 Å². The first kappa shape index (κ1) is 22.4. The van der Waals surface area contributed by atoms with E-state index in [-0.39, 0.29) is 11.7 Å². The molecule has 0 saturated heterocycles. The van der Waals surface area contributed by atoms with Gasteiger partial charge in [0, 0.05) is 12.2 Å². The van der Waals surface area contributed by atoms with E-state index in [1.54, 1.807) is 17.0 Å². The van der Waals surface area contributed by atoms with Crippen LogP contribution in [-0.4, -0.2) is 19.1 Å². The maximum Gasteiger partial charge on any atom is 0.387 e. The van der Waals surface area contributed by atoms with Gasteiger partial charge < -0.3 is 15.4 Å². The van der Waals surface area contributed by atoms with E-state index in [1.807, 2.05) is 62.4 Å². The molecule has 2 N–H and O–H groups in total. The van der Waals surface area contributed by atoms with Crippen molar-refractivity contribution in [1.82, 2.24) is 0 Å². The molecule has 0 spiro atoms. The van der Waals surface area contributed by atoms with Crippen molar-refractivity contribution < 1.29 is 18.3 Å². The molecule has 3 aromatic carbocycles. The third-order valence-corrected chi connectivity index (χ3v) is 5.27. The summed E-state index contributed by atoms with van der Waals surface area (Å²) in [4.78, 5) is 15.0. The van der Waals surface area contributed by atoms with Crippen molar-refractivity contribution in [3.8, 4) is 5.75 Å². The molecule has 4 nitrogen and oxygen atoms in total. The number of carbonyl (C=O) groups excluding carboxylic acids is 1. The quantitative estimate of drug-likeness (QED) is 0.542. The van der Waals surface area contributed by atoms with Gasteiger partial charge in [-0.3, -0.25) is 4.79 Å². The molecule has 0 aliphatic rings. The second-order valence-electron chi connectivity index (χ2n) is 7.42. The van der Waals surface area contributed by atoms with E-state index < -0.39 is 12.7 Å². The molecule has 0 bridgehead atoms. The number of benzene rings is 3. The third-order valence-electron chi connectivity index (χ3n) is 5.27. The van der Waals surface area contributed by atoms with Gasteiger partial charge in [0.25, 0.3) is 0 Å². The van der Waals surface area contributed by atoms with Crippen molar-refractivity contribution in [3.63, 3.8) is 0 Å². The van der Waals surface area contributed by atoms with Crippen molar-refractivity contribution in [2.45, 2.75) is 32.9 Å². The van der Waals surface area contributed by atoms with Crippen molar-refractivity contribution in [2.75, 3.05) is 11.4 Å². The Balaban J connectivity index is 1.82. The monoisotopic (exact) mass is 424 g/mol. The van der Waals surface area contributed by atoms with Crippen LogP contribution in [0.15, 0.2) is 72.8 Å². The van der Waals surface area contributed by atoms with Crippen LogP contribution in [0.25, 0.3) is 0 Å².